The molecule has 1 unspecified atom stereocenters. The number of halogens is 4. The lowest BCUT2D eigenvalue weighted by Crippen LogP contribution is -2.39. The van der Waals surface area contributed by atoms with Crippen molar-refractivity contribution < 1.29 is 21.6 Å². The van der Waals surface area contributed by atoms with Gasteiger partial charge in [-0.15, -0.1) is 15.7 Å². The van der Waals surface area contributed by atoms with Crippen LogP contribution >= 0.6 is 22.9 Å². The molecule has 0 saturated carbocycles. The van der Waals surface area contributed by atoms with Crippen molar-refractivity contribution in [3.63, 3.8) is 0 Å². The van der Waals surface area contributed by atoms with Gasteiger partial charge in [0.1, 0.15) is 0 Å². The van der Waals surface area contributed by atoms with E-state index in [1.54, 1.807) is 12.1 Å². The Morgan fingerprint density at radius 1 is 1.02 bits per heavy atom. The number of aromatic nitrogens is 1. The number of nitrogens with zero attached hydrogens (tertiary/aromatic N) is 4. The summed E-state index contributed by atoms with van der Waals surface area (Å²) in [6.07, 6.45) is -4.03. The van der Waals surface area contributed by atoms with Gasteiger partial charge < -0.3 is 0 Å². The first-order valence-electron chi connectivity index (χ1n) is 12.8. The van der Waals surface area contributed by atoms with E-state index in [0.717, 1.165) is 33.8 Å². The highest BCUT2D eigenvalue weighted by molar-refractivity contribution is 7.90. The van der Waals surface area contributed by atoms with Gasteiger partial charge in [-0.3, -0.25) is 5.32 Å². The zero-order chi connectivity index (χ0) is 30.1. The van der Waals surface area contributed by atoms with Crippen LogP contribution in [0.25, 0.3) is 0 Å². The third-order valence-corrected chi connectivity index (χ3v) is 9.23. The van der Waals surface area contributed by atoms with Crippen LogP contribution in [0.3, 0.4) is 0 Å². The Morgan fingerprint density at radius 3 is 2.29 bits per heavy atom. The lowest BCUT2D eigenvalue weighted by atomic mass is 9.86. The SMILES string of the molecule is Cc1nc(NC(=NS(=O)(=O)c2ccc(C(F)(F)F)cc2)N2CCC(c3ccccc3)C(c3ccc(Cl)cc3)=N2)sc1C. The molecule has 13 heteroatoms. The quantitative estimate of drug-likeness (QED) is 0.182. The van der Waals surface area contributed by atoms with Gasteiger partial charge in [0.05, 0.1) is 21.9 Å². The van der Waals surface area contributed by atoms with Gasteiger partial charge in [0.15, 0.2) is 5.13 Å². The summed E-state index contributed by atoms with van der Waals surface area (Å²) in [5, 5.41) is 10.3. The molecule has 3 aromatic carbocycles. The van der Waals surface area contributed by atoms with Crippen molar-refractivity contribution in [2.75, 3.05) is 11.9 Å². The number of aryl methyl sites for hydroxylation is 2. The second-order valence-electron chi connectivity index (χ2n) is 9.56. The van der Waals surface area contributed by atoms with Crippen molar-refractivity contribution in [3.8, 4) is 0 Å². The van der Waals surface area contributed by atoms with Crippen molar-refractivity contribution in [2.24, 2.45) is 9.50 Å². The second-order valence-corrected chi connectivity index (χ2v) is 12.8. The van der Waals surface area contributed by atoms with Crippen LogP contribution in [0.1, 0.15) is 39.6 Å². The Balaban J connectivity index is 1.60. The number of sulfonamides is 1. The Hall–Kier alpha value is -3.74. The molecule has 0 saturated heterocycles. The number of hydrazone groups is 1. The predicted molar refractivity (Wildman–Crippen MR) is 160 cm³/mol. The maximum atomic E-state index is 13.4. The fourth-order valence-corrected chi connectivity index (χ4v) is 6.31. The van der Waals surface area contributed by atoms with E-state index in [2.05, 4.69) is 14.7 Å². The summed E-state index contributed by atoms with van der Waals surface area (Å²) in [5.41, 5.74) is 2.32. The van der Waals surface area contributed by atoms with E-state index >= 15 is 0 Å². The fourth-order valence-electron chi connectivity index (χ4n) is 4.42. The largest absolute Gasteiger partial charge is 0.416 e. The van der Waals surface area contributed by atoms with Gasteiger partial charge in [0.25, 0.3) is 10.0 Å². The molecule has 4 aromatic rings. The maximum Gasteiger partial charge on any atom is 0.416 e. The number of hydrogen-bond acceptors (Lipinski definition) is 5. The Kier molecular flexibility index (Phi) is 8.40. The molecule has 1 aliphatic heterocycles. The number of benzene rings is 3. The molecule has 0 aliphatic carbocycles. The van der Waals surface area contributed by atoms with Crippen LogP contribution in [0.4, 0.5) is 18.3 Å². The van der Waals surface area contributed by atoms with Crippen molar-refractivity contribution in [1.29, 1.82) is 0 Å². The van der Waals surface area contributed by atoms with E-state index in [0.29, 0.717) is 41.0 Å². The Morgan fingerprint density at radius 2 is 1.69 bits per heavy atom. The van der Waals surface area contributed by atoms with E-state index in [9.17, 15) is 21.6 Å². The second kappa shape index (κ2) is 11.9. The number of anilines is 1. The lowest BCUT2D eigenvalue weighted by molar-refractivity contribution is -0.137. The van der Waals surface area contributed by atoms with E-state index in [4.69, 9.17) is 16.7 Å². The summed E-state index contributed by atoms with van der Waals surface area (Å²) >= 11 is 7.46. The minimum absolute atomic E-state index is 0.0965. The van der Waals surface area contributed by atoms with E-state index in [1.165, 1.54) is 16.3 Å². The average molecular weight is 632 g/mol. The zero-order valence-corrected chi connectivity index (χ0v) is 24.8. The highest BCUT2D eigenvalue weighted by Gasteiger charge is 2.32. The number of guanidine groups is 1. The number of rotatable bonds is 5. The number of thiazole rings is 1. The van der Waals surface area contributed by atoms with Crippen molar-refractivity contribution in [3.05, 3.63) is 111 Å². The maximum absolute atomic E-state index is 13.4. The fraction of sp³-hybridized carbons (Fsp3) is 0.207. The molecule has 0 fully saturated rings. The molecule has 0 bridgehead atoms. The van der Waals surface area contributed by atoms with Gasteiger partial charge in [-0.25, -0.2) is 9.99 Å². The monoisotopic (exact) mass is 631 g/mol. The molecule has 0 amide bonds. The summed E-state index contributed by atoms with van der Waals surface area (Å²) in [6.45, 7) is 4.01. The summed E-state index contributed by atoms with van der Waals surface area (Å²) in [4.78, 5) is 4.99. The van der Waals surface area contributed by atoms with Crippen molar-refractivity contribution in [1.82, 2.24) is 9.99 Å². The third-order valence-electron chi connectivity index (χ3n) is 6.71. The summed E-state index contributed by atoms with van der Waals surface area (Å²) in [5.74, 6) is -0.220. The van der Waals surface area contributed by atoms with Gasteiger partial charge in [-0.2, -0.15) is 26.7 Å². The van der Waals surface area contributed by atoms with Crippen LogP contribution in [0.15, 0.2) is 93.3 Å². The molecule has 2 heterocycles. The van der Waals surface area contributed by atoms with Gasteiger partial charge in [-0.05, 0) is 67.8 Å². The molecule has 0 radical (unpaired) electrons. The minimum Gasteiger partial charge on any atom is -0.300 e. The predicted octanol–water partition coefficient (Wildman–Crippen LogP) is 7.48. The molecular formula is C29H25ClF3N5O2S2. The van der Waals surface area contributed by atoms with Gasteiger partial charge in [-0.1, -0.05) is 54.1 Å². The molecule has 0 spiro atoms. The summed E-state index contributed by atoms with van der Waals surface area (Å²) in [7, 11) is -4.44. The lowest BCUT2D eigenvalue weighted by Gasteiger charge is -2.31. The van der Waals surface area contributed by atoms with Gasteiger partial charge in [0, 0.05) is 22.4 Å². The summed E-state index contributed by atoms with van der Waals surface area (Å²) in [6, 6.07) is 20.2. The van der Waals surface area contributed by atoms with Crippen LogP contribution < -0.4 is 5.32 Å². The topological polar surface area (TPSA) is 87.0 Å². The third kappa shape index (κ3) is 6.66. The highest BCUT2D eigenvalue weighted by Crippen LogP contribution is 2.32. The molecule has 7 nitrogen and oxygen atoms in total. The van der Waals surface area contributed by atoms with Crippen LogP contribution in [-0.4, -0.2) is 36.6 Å². The van der Waals surface area contributed by atoms with Crippen LogP contribution in [0, 0.1) is 13.8 Å². The first-order valence-corrected chi connectivity index (χ1v) is 15.4. The number of nitrogens with one attached hydrogen (secondary N) is 1. The van der Waals surface area contributed by atoms with Crippen molar-refractivity contribution in [2.45, 2.75) is 37.3 Å². The summed E-state index contributed by atoms with van der Waals surface area (Å²) < 4.78 is 70.0. The van der Waals surface area contributed by atoms with Gasteiger partial charge >= 0.3 is 6.18 Å². The smallest absolute Gasteiger partial charge is 0.300 e. The average Bonchev–Trinajstić information content (AvgIpc) is 3.28. The first-order chi connectivity index (χ1) is 19.9. The van der Waals surface area contributed by atoms with E-state index < -0.39 is 21.8 Å². The van der Waals surface area contributed by atoms with Crippen LogP contribution in [0.2, 0.25) is 5.02 Å². The van der Waals surface area contributed by atoms with Gasteiger partial charge in [0.2, 0.25) is 5.96 Å². The minimum atomic E-state index is -4.60. The molecular weight excluding hydrogens is 607 g/mol. The molecule has 42 heavy (non-hydrogen) atoms. The highest BCUT2D eigenvalue weighted by atomic mass is 35.5. The number of alkyl halides is 3. The molecule has 5 rings (SSSR count). The molecule has 1 aliphatic rings. The standard InChI is InChI=1S/C29H25ClF3N5O2S2/c1-18-19(2)41-28(34-18)35-27(37-42(39,40)24-14-10-22(11-15-24)29(31,32)33)38-17-16-25(20-6-4-3-5-7-20)26(36-38)21-8-12-23(30)13-9-21/h3-15,25H,16-17H2,1-2H3,(H,34,35,37). The van der Waals surface area contributed by atoms with Crippen LogP contribution in [-0.2, 0) is 16.2 Å². The molecule has 1 atom stereocenters. The van der Waals surface area contributed by atoms with E-state index in [-0.39, 0.29) is 16.8 Å². The van der Waals surface area contributed by atoms with Crippen LogP contribution in [0.5, 0.6) is 0 Å². The Labute approximate surface area is 250 Å². The Bertz CT molecular complexity index is 1720. The molecule has 1 N–H and O–H groups in total. The molecule has 218 valence electrons. The van der Waals surface area contributed by atoms with Crippen molar-refractivity contribution >= 4 is 49.8 Å². The zero-order valence-electron chi connectivity index (χ0n) is 22.4. The number of hydrogen-bond donors (Lipinski definition) is 1. The van der Waals surface area contributed by atoms with E-state index in [1.807, 2.05) is 56.3 Å². The molecule has 1 aromatic heterocycles. The first kappa shape index (κ1) is 29.7. The normalized spacial score (nSPS) is 16.3.